The van der Waals surface area contributed by atoms with Gasteiger partial charge >= 0.3 is 0 Å². The zero-order valence-electron chi connectivity index (χ0n) is 12.2. The molecule has 3 rings (SSSR count). The molecule has 0 bridgehead atoms. The molecular formula is C16H20BrNO3. The minimum atomic E-state index is -0.419. The Labute approximate surface area is 133 Å². The number of amides is 1. The lowest BCUT2D eigenvalue weighted by Gasteiger charge is -2.38. The van der Waals surface area contributed by atoms with Crippen LogP contribution in [0, 0.1) is 0 Å². The fourth-order valence-electron chi connectivity index (χ4n) is 3.02. The minimum absolute atomic E-state index is 0.113. The normalized spacial score (nSPS) is 22.5. The molecule has 1 spiro atoms. The largest absolute Gasteiger partial charge is 0.347 e. The van der Waals surface area contributed by atoms with Crippen molar-refractivity contribution >= 4 is 21.8 Å². The SMILES string of the molecule is CC(C(=O)N1CCC2(CC1)OCCO2)c1ccc(Br)cc1. The van der Waals surface area contributed by atoms with E-state index < -0.39 is 5.79 Å². The number of halogens is 1. The molecule has 0 radical (unpaired) electrons. The molecule has 2 heterocycles. The molecule has 1 unspecified atom stereocenters. The van der Waals surface area contributed by atoms with Gasteiger partial charge in [0.05, 0.1) is 19.1 Å². The number of rotatable bonds is 2. The van der Waals surface area contributed by atoms with Gasteiger partial charge in [-0.05, 0) is 24.6 Å². The number of nitrogens with zero attached hydrogens (tertiary/aromatic N) is 1. The van der Waals surface area contributed by atoms with Crippen LogP contribution in [0.3, 0.4) is 0 Å². The van der Waals surface area contributed by atoms with Crippen LogP contribution in [0.5, 0.6) is 0 Å². The second kappa shape index (κ2) is 6.07. The van der Waals surface area contributed by atoms with Crippen LogP contribution < -0.4 is 0 Å². The molecule has 1 aromatic rings. The first-order valence-electron chi connectivity index (χ1n) is 7.42. The predicted molar refractivity (Wildman–Crippen MR) is 83.0 cm³/mol. The van der Waals surface area contributed by atoms with Gasteiger partial charge in [0.15, 0.2) is 5.79 Å². The van der Waals surface area contributed by atoms with Crippen molar-refractivity contribution in [2.24, 2.45) is 0 Å². The summed E-state index contributed by atoms with van der Waals surface area (Å²) < 4.78 is 12.4. The van der Waals surface area contributed by atoms with Crippen LogP contribution in [-0.4, -0.2) is 42.9 Å². The highest BCUT2D eigenvalue weighted by atomic mass is 79.9. The Balaban J connectivity index is 1.62. The molecule has 4 nitrogen and oxygen atoms in total. The first kappa shape index (κ1) is 15.0. The van der Waals surface area contributed by atoms with Gasteiger partial charge in [-0.15, -0.1) is 0 Å². The maximum atomic E-state index is 12.6. The molecule has 1 aromatic carbocycles. The number of carbonyl (C=O) groups excluding carboxylic acids is 1. The van der Waals surface area contributed by atoms with Crippen LogP contribution >= 0.6 is 15.9 Å². The van der Waals surface area contributed by atoms with Gasteiger partial charge in [-0.25, -0.2) is 0 Å². The van der Waals surface area contributed by atoms with E-state index >= 15 is 0 Å². The zero-order valence-corrected chi connectivity index (χ0v) is 13.8. The van der Waals surface area contributed by atoms with Crippen molar-refractivity contribution in [2.75, 3.05) is 26.3 Å². The number of benzene rings is 1. The van der Waals surface area contributed by atoms with Crippen LogP contribution in [0.25, 0.3) is 0 Å². The van der Waals surface area contributed by atoms with Gasteiger partial charge in [0.1, 0.15) is 0 Å². The standard InChI is InChI=1S/C16H20BrNO3/c1-12(13-2-4-14(17)5-3-13)15(19)18-8-6-16(7-9-18)20-10-11-21-16/h2-5,12H,6-11H2,1H3. The molecule has 0 saturated carbocycles. The highest BCUT2D eigenvalue weighted by molar-refractivity contribution is 9.10. The van der Waals surface area contributed by atoms with E-state index in [4.69, 9.17) is 9.47 Å². The van der Waals surface area contributed by atoms with Gasteiger partial charge < -0.3 is 14.4 Å². The molecule has 2 aliphatic rings. The van der Waals surface area contributed by atoms with Crippen molar-refractivity contribution in [3.05, 3.63) is 34.3 Å². The van der Waals surface area contributed by atoms with Gasteiger partial charge in [-0.3, -0.25) is 4.79 Å². The molecule has 2 aliphatic heterocycles. The van der Waals surface area contributed by atoms with E-state index in [-0.39, 0.29) is 11.8 Å². The summed E-state index contributed by atoms with van der Waals surface area (Å²) in [5.41, 5.74) is 1.05. The second-order valence-electron chi connectivity index (χ2n) is 5.71. The first-order chi connectivity index (χ1) is 10.1. The average Bonchev–Trinajstić information content (AvgIpc) is 2.96. The van der Waals surface area contributed by atoms with E-state index in [1.54, 1.807) is 0 Å². The Hall–Kier alpha value is -0.910. The number of hydrogen-bond acceptors (Lipinski definition) is 3. The van der Waals surface area contributed by atoms with Gasteiger partial charge in [0.25, 0.3) is 0 Å². The summed E-state index contributed by atoms with van der Waals surface area (Å²) in [4.78, 5) is 14.6. The zero-order chi connectivity index (χ0) is 14.9. The third kappa shape index (κ3) is 3.15. The summed E-state index contributed by atoms with van der Waals surface area (Å²) >= 11 is 3.42. The van der Waals surface area contributed by atoms with E-state index in [0.717, 1.165) is 22.9 Å². The molecule has 2 saturated heterocycles. The van der Waals surface area contributed by atoms with Gasteiger partial charge in [0, 0.05) is 30.4 Å². The smallest absolute Gasteiger partial charge is 0.229 e. The quantitative estimate of drug-likeness (QED) is 0.820. The third-order valence-electron chi connectivity index (χ3n) is 4.39. The summed E-state index contributed by atoms with van der Waals surface area (Å²) in [6.07, 6.45) is 1.54. The number of carbonyl (C=O) groups is 1. The topological polar surface area (TPSA) is 38.8 Å². The van der Waals surface area contributed by atoms with Gasteiger partial charge in [0.2, 0.25) is 5.91 Å². The number of likely N-dealkylation sites (tertiary alicyclic amines) is 1. The lowest BCUT2D eigenvalue weighted by Crippen LogP contribution is -2.48. The molecule has 0 aromatic heterocycles. The lowest BCUT2D eigenvalue weighted by molar-refractivity contribution is -0.187. The summed E-state index contributed by atoms with van der Waals surface area (Å²) in [6.45, 7) is 4.73. The van der Waals surface area contributed by atoms with Crippen molar-refractivity contribution in [3.63, 3.8) is 0 Å². The Bertz CT molecular complexity index is 501. The first-order valence-corrected chi connectivity index (χ1v) is 8.21. The summed E-state index contributed by atoms with van der Waals surface area (Å²) in [6, 6.07) is 7.96. The number of hydrogen-bond donors (Lipinski definition) is 0. The van der Waals surface area contributed by atoms with Crippen molar-refractivity contribution in [1.29, 1.82) is 0 Å². The lowest BCUT2D eigenvalue weighted by atomic mass is 9.97. The Morgan fingerprint density at radius 3 is 2.33 bits per heavy atom. The van der Waals surface area contributed by atoms with E-state index in [1.807, 2.05) is 36.1 Å². The minimum Gasteiger partial charge on any atom is -0.347 e. The fraction of sp³-hybridized carbons (Fsp3) is 0.562. The van der Waals surface area contributed by atoms with E-state index in [0.29, 0.717) is 26.3 Å². The fourth-order valence-corrected chi connectivity index (χ4v) is 3.29. The number of piperidine rings is 1. The van der Waals surface area contributed by atoms with Crippen LogP contribution in [0.2, 0.25) is 0 Å². The van der Waals surface area contributed by atoms with E-state index in [2.05, 4.69) is 15.9 Å². The van der Waals surface area contributed by atoms with Crippen LogP contribution in [0.15, 0.2) is 28.7 Å². The molecule has 0 aliphatic carbocycles. The summed E-state index contributed by atoms with van der Waals surface area (Å²) in [5.74, 6) is -0.347. The van der Waals surface area contributed by atoms with Crippen molar-refractivity contribution in [2.45, 2.75) is 31.5 Å². The molecule has 114 valence electrons. The van der Waals surface area contributed by atoms with Crippen LogP contribution in [0.4, 0.5) is 0 Å². The molecule has 0 N–H and O–H groups in total. The summed E-state index contributed by atoms with van der Waals surface area (Å²) in [5, 5.41) is 0. The predicted octanol–water partition coefficient (Wildman–Crippen LogP) is 2.92. The molecule has 21 heavy (non-hydrogen) atoms. The molecular weight excluding hydrogens is 334 g/mol. The van der Waals surface area contributed by atoms with Gasteiger partial charge in [-0.1, -0.05) is 28.1 Å². The third-order valence-corrected chi connectivity index (χ3v) is 4.92. The van der Waals surface area contributed by atoms with Crippen molar-refractivity contribution in [3.8, 4) is 0 Å². The van der Waals surface area contributed by atoms with Crippen molar-refractivity contribution < 1.29 is 14.3 Å². The highest BCUT2D eigenvalue weighted by Gasteiger charge is 2.41. The molecule has 1 atom stereocenters. The van der Waals surface area contributed by atoms with Crippen molar-refractivity contribution in [1.82, 2.24) is 4.90 Å². The van der Waals surface area contributed by atoms with E-state index in [9.17, 15) is 4.79 Å². The van der Waals surface area contributed by atoms with E-state index in [1.165, 1.54) is 0 Å². The second-order valence-corrected chi connectivity index (χ2v) is 6.62. The summed E-state index contributed by atoms with van der Waals surface area (Å²) in [7, 11) is 0. The Morgan fingerprint density at radius 2 is 1.76 bits per heavy atom. The molecule has 2 fully saturated rings. The molecule has 1 amide bonds. The maximum Gasteiger partial charge on any atom is 0.229 e. The maximum absolute atomic E-state index is 12.6. The van der Waals surface area contributed by atoms with Gasteiger partial charge in [-0.2, -0.15) is 0 Å². The Morgan fingerprint density at radius 1 is 1.19 bits per heavy atom. The number of ether oxygens (including phenoxy) is 2. The molecule has 5 heteroatoms. The Kier molecular flexibility index (Phi) is 4.33. The van der Waals surface area contributed by atoms with Crippen LogP contribution in [-0.2, 0) is 14.3 Å². The van der Waals surface area contributed by atoms with Crippen LogP contribution in [0.1, 0.15) is 31.2 Å². The average molecular weight is 354 g/mol. The highest BCUT2D eigenvalue weighted by Crippen LogP contribution is 2.32. The monoisotopic (exact) mass is 353 g/mol.